The van der Waals surface area contributed by atoms with Crippen molar-refractivity contribution in [3.8, 4) is 0 Å². The van der Waals surface area contributed by atoms with Gasteiger partial charge in [0.25, 0.3) is 0 Å². The molecule has 0 aliphatic carbocycles. The van der Waals surface area contributed by atoms with E-state index in [1.165, 1.54) is 15.3 Å². The zero-order valence-corrected chi connectivity index (χ0v) is 13.6. The summed E-state index contributed by atoms with van der Waals surface area (Å²) in [6.07, 6.45) is 0. The topological polar surface area (TPSA) is 12.0 Å². The molecule has 4 heteroatoms. The van der Waals surface area contributed by atoms with Crippen molar-refractivity contribution in [2.24, 2.45) is 0 Å². The van der Waals surface area contributed by atoms with Gasteiger partial charge in [-0.3, -0.25) is 0 Å². The van der Waals surface area contributed by atoms with Crippen LogP contribution in [0.2, 0.25) is 10.0 Å². The van der Waals surface area contributed by atoms with Crippen molar-refractivity contribution < 1.29 is 0 Å². The Morgan fingerprint density at radius 2 is 1.74 bits per heavy atom. The van der Waals surface area contributed by atoms with Gasteiger partial charge in [-0.1, -0.05) is 23.2 Å². The van der Waals surface area contributed by atoms with Crippen molar-refractivity contribution in [2.45, 2.75) is 33.4 Å². The lowest BCUT2D eigenvalue weighted by atomic mass is 10.1. The Kier molecular flexibility index (Phi) is 4.91. The summed E-state index contributed by atoms with van der Waals surface area (Å²) in [6.45, 7) is 7.25. The van der Waals surface area contributed by atoms with E-state index in [0.717, 1.165) is 12.1 Å². The minimum Gasteiger partial charge on any atom is -0.306 e. The van der Waals surface area contributed by atoms with Crippen LogP contribution in [0.3, 0.4) is 0 Å². The third kappa shape index (κ3) is 3.96. The number of thiophene rings is 1. The van der Waals surface area contributed by atoms with E-state index in [-0.39, 0.29) is 0 Å². The molecule has 1 aromatic heterocycles. The summed E-state index contributed by atoms with van der Waals surface area (Å²) in [6, 6.07) is 8.21. The zero-order valence-electron chi connectivity index (χ0n) is 11.3. The molecule has 0 spiro atoms. The zero-order chi connectivity index (χ0) is 14.0. The Balaban J connectivity index is 2.04. The van der Waals surface area contributed by atoms with Gasteiger partial charge in [-0.25, -0.2) is 0 Å². The van der Waals surface area contributed by atoms with Crippen molar-refractivity contribution in [1.82, 2.24) is 5.32 Å². The molecule has 0 radical (unpaired) electrons. The van der Waals surface area contributed by atoms with Crippen LogP contribution in [-0.2, 0) is 6.54 Å². The molecule has 1 atom stereocenters. The first-order valence-corrected chi connectivity index (χ1v) is 7.78. The minimum absolute atomic E-state index is 0.322. The smallest absolute Gasteiger partial charge is 0.0424 e. The van der Waals surface area contributed by atoms with Crippen LogP contribution in [0.4, 0.5) is 0 Å². The van der Waals surface area contributed by atoms with Crippen LogP contribution < -0.4 is 5.32 Å². The van der Waals surface area contributed by atoms with E-state index in [1.807, 2.05) is 23.5 Å². The number of nitrogens with one attached hydrogen (secondary N) is 1. The lowest BCUT2D eigenvalue weighted by molar-refractivity contribution is 0.574. The maximum Gasteiger partial charge on any atom is 0.0424 e. The highest BCUT2D eigenvalue weighted by Gasteiger charge is 2.10. The molecular weight excluding hydrogens is 297 g/mol. The van der Waals surface area contributed by atoms with Crippen LogP contribution in [-0.4, -0.2) is 0 Å². The summed E-state index contributed by atoms with van der Waals surface area (Å²) in [7, 11) is 0. The predicted octanol–water partition coefficient (Wildman–Crippen LogP) is 5.52. The molecule has 0 aliphatic rings. The average molecular weight is 314 g/mol. The van der Waals surface area contributed by atoms with E-state index in [4.69, 9.17) is 23.2 Å². The van der Waals surface area contributed by atoms with Crippen LogP contribution in [0.15, 0.2) is 24.3 Å². The largest absolute Gasteiger partial charge is 0.306 e. The Bertz CT molecular complexity index is 557. The Morgan fingerprint density at radius 3 is 2.26 bits per heavy atom. The van der Waals surface area contributed by atoms with Gasteiger partial charge in [-0.15, -0.1) is 11.3 Å². The quantitative estimate of drug-likeness (QED) is 0.783. The fourth-order valence-electron chi connectivity index (χ4n) is 2.17. The molecule has 0 fully saturated rings. The van der Waals surface area contributed by atoms with E-state index in [0.29, 0.717) is 16.1 Å². The Labute approximate surface area is 128 Å². The van der Waals surface area contributed by atoms with E-state index < -0.39 is 0 Å². The number of halogens is 2. The van der Waals surface area contributed by atoms with Gasteiger partial charge >= 0.3 is 0 Å². The minimum atomic E-state index is 0.322. The van der Waals surface area contributed by atoms with E-state index in [9.17, 15) is 0 Å². The number of rotatable bonds is 4. The van der Waals surface area contributed by atoms with Gasteiger partial charge in [0, 0.05) is 32.4 Å². The maximum absolute atomic E-state index is 6.00. The summed E-state index contributed by atoms with van der Waals surface area (Å²) < 4.78 is 0. The van der Waals surface area contributed by atoms with Crippen molar-refractivity contribution in [2.75, 3.05) is 0 Å². The van der Waals surface area contributed by atoms with Gasteiger partial charge in [0.2, 0.25) is 0 Å². The third-order valence-electron chi connectivity index (χ3n) is 3.08. The van der Waals surface area contributed by atoms with E-state index in [2.05, 4.69) is 32.2 Å². The SMILES string of the molecule is Cc1cc(C(C)NCc2cc(Cl)cc(Cl)c2)c(C)s1. The second kappa shape index (κ2) is 6.27. The molecule has 0 aliphatic heterocycles. The lowest BCUT2D eigenvalue weighted by Crippen LogP contribution is -2.18. The van der Waals surface area contributed by atoms with Gasteiger partial charge in [0.05, 0.1) is 0 Å². The van der Waals surface area contributed by atoms with E-state index in [1.54, 1.807) is 6.07 Å². The van der Waals surface area contributed by atoms with Gasteiger partial charge in [-0.05, 0) is 56.2 Å². The van der Waals surface area contributed by atoms with Gasteiger partial charge in [-0.2, -0.15) is 0 Å². The Morgan fingerprint density at radius 1 is 1.11 bits per heavy atom. The molecule has 1 N–H and O–H groups in total. The second-order valence-electron chi connectivity index (χ2n) is 4.75. The first-order chi connectivity index (χ1) is 8.95. The van der Waals surface area contributed by atoms with Gasteiger partial charge < -0.3 is 5.32 Å². The number of hydrogen-bond donors (Lipinski definition) is 1. The van der Waals surface area contributed by atoms with Gasteiger partial charge in [0.15, 0.2) is 0 Å². The highest BCUT2D eigenvalue weighted by Crippen LogP contribution is 2.26. The fourth-order valence-corrected chi connectivity index (χ4v) is 3.77. The number of hydrogen-bond acceptors (Lipinski definition) is 2. The molecule has 1 heterocycles. The molecule has 102 valence electrons. The summed E-state index contributed by atoms with van der Waals surface area (Å²) in [5.41, 5.74) is 2.48. The molecule has 19 heavy (non-hydrogen) atoms. The monoisotopic (exact) mass is 313 g/mol. The van der Waals surface area contributed by atoms with Crippen LogP contribution >= 0.6 is 34.5 Å². The van der Waals surface area contributed by atoms with Gasteiger partial charge in [0.1, 0.15) is 0 Å². The molecule has 0 saturated heterocycles. The van der Waals surface area contributed by atoms with Crippen LogP contribution in [0.1, 0.15) is 33.8 Å². The molecule has 0 bridgehead atoms. The van der Waals surface area contributed by atoms with Crippen LogP contribution in [0, 0.1) is 13.8 Å². The number of benzene rings is 1. The predicted molar refractivity (Wildman–Crippen MR) is 85.5 cm³/mol. The third-order valence-corrected chi connectivity index (χ3v) is 4.50. The number of aryl methyl sites for hydroxylation is 2. The molecular formula is C15H17Cl2NS. The Hall–Kier alpha value is -0.540. The fraction of sp³-hybridized carbons (Fsp3) is 0.333. The normalized spacial score (nSPS) is 12.7. The van der Waals surface area contributed by atoms with Crippen molar-refractivity contribution >= 4 is 34.5 Å². The molecule has 1 aromatic carbocycles. The summed E-state index contributed by atoms with van der Waals surface area (Å²) >= 11 is 13.8. The van der Waals surface area contributed by atoms with Crippen molar-refractivity contribution in [3.05, 3.63) is 55.2 Å². The maximum atomic E-state index is 6.00. The molecule has 2 rings (SSSR count). The summed E-state index contributed by atoms with van der Waals surface area (Å²) in [4.78, 5) is 2.73. The molecule has 0 amide bonds. The molecule has 0 saturated carbocycles. The molecule has 1 nitrogen and oxygen atoms in total. The van der Waals surface area contributed by atoms with Crippen molar-refractivity contribution in [3.63, 3.8) is 0 Å². The first-order valence-electron chi connectivity index (χ1n) is 6.21. The van der Waals surface area contributed by atoms with Crippen molar-refractivity contribution in [1.29, 1.82) is 0 Å². The highest BCUT2D eigenvalue weighted by molar-refractivity contribution is 7.12. The first kappa shape index (κ1) is 14.9. The lowest BCUT2D eigenvalue weighted by Gasteiger charge is -2.14. The molecule has 2 aromatic rings. The second-order valence-corrected chi connectivity index (χ2v) is 7.08. The van der Waals surface area contributed by atoms with Crippen LogP contribution in [0.5, 0.6) is 0 Å². The summed E-state index contributed by atoms with van der Waals surface area (Å²) in [5.74, 6) is 0. The average Bonchev–Trinajstić information content (AvgIpc) is 2.64. The van der Waals surface area contributed by atoms with E-state index >= 15 is 0 Å². The molecule has 1 unspecified atom stereocenters. The van der Waals surface area contributed by atoms with Crippen LogP contribution in [0.25, 0.3) is 0 Å². The highest BCUT2D eigenvalue weighted by atomic mass is 35.5. The summed E-state index contributed by atoms with van der Waals surface area (Å²) in [5, 5.41) is 4.87. The standard InChI is InChI=1S/C15H17Cl2NS/c1-9-4-15(11(3)19-9)10(2)18-8-12-5-13(16)7-14(17)6-12/h4-7,10,18H,8H2,1-3H3.